The fraction of sp³-hybridized carbons (Fsp3) is 0.250. The summed E-state index contributed by atoms with van der Waals surface area (Å²) in [6, 6.07) is 14.3. The summed E-state index contributed by atoms with van der Waals surface area (Å²) in [6.07, 6.45) is 0. The Bertz CT molecular complexity index is 599. The normalized spacial score (nSPS) is 12.1. The quantitative estimate of drug-likeness (QED) is 0.798. The predicted molar refractivity (Wildman–Crippen MR) is 92.0 cm³/mol. The van der Waals surface area contributed by atoms with Crippen molar-refractivity contribution in [3.63, 3.8) is 0 Å². The highest BCUT2D eigenvalue weighted by Crippen LogP contribution is 2.32. The van der Waals surface area contributed by atoms with E-state index in [0.29, 0.717) is 0 Å². The molecule has 0 heterocycles. The molecule has 0 saturated heterocycles. The van der Waals surface area contributed by atoms with E-state index in [1.807, 2.05) is 44.4 Å². The van der Waals surface area contributed by atoms with E-state index in [1.165, 1.54) is 5.56 Å². The molecule has 0 amide bonds. The van der Waals surface area contributed by atoms with E-state index >= 15 is 0 Å². The molecule has 0 aromatic heterocycles. The minimum atomic E-state index is 0.183. The standard InChI is InChI=1S/C16H18BrClN2/c1-11(13-6-4-5-7-14(13)17)19-15-10-12(18)8-9-16(15)20(2)3/h4-11,19H,1-3H3. The third-order valence-corrected chi connectivity index (χ3v) is 4.14. The fourth-order valence-corrected chi connectivity index (χ4v) is 2.95. The van der Waals surface area contributed by atoms with Gasteiger partial charge in [0.25, 0.3) is 0 Å². The van der Waals surface area contributed by atoms with Gasteiger partial charge in [-0.2, -0.15) is 0 Å². The van der Waals surface area contributed by atoms with Gasteiger partial charge in [-0.3, -0.25) is 0 Å². The van der Waals surface area contributed by atoms with Crippen LogP contribution in [0.25, 0.3) is 0 Å². The predicted octanol–water partition coefficient (Wildman–Crippen LogP) is 5.34. The van der Waals surface area contributed by atoms with Crippen molar-refractivity contribution in [1.82, 2.24) is 0 Å². The Morgan fingerprint density at radius 3 is 2.50 bits per heavy atom. The lowest BCUT2D eigenvalue weighted by Crippen LogP contribution is -2.14. The zero-order valence-corrected chi connectivity index (χ0v) is 14.2. The fourth-order valence-electron chi connectivity index (χ4n) is 2.15. The SMILES string of the molecule is CC(Nc1cc(Cl)ccc1N(C)C)c1ccccc1Br. The van der Waals surface area contributed by atoms with Crippen LogP contribution in [0.1, 0.15) is 18.5 Å². The van der Waals surface area contributed by atoms with E-state index in [9.17, 15) is 0 Å². The second-order valence-electron chi connectivity index (χ2n) is 4.94. The van der Waals surface area contributed by atoms with Crippen LogP contribution in [0.2, 0.25) is 5.02 Å². The molecule has 2 nitrogen and oxygen atoms in total. The summed E-state index contributed by atoms with van der Waals surface area (Å²) in [5, 5.41) is 4.27. The molecule has 2 aromatic carbocycles. The van der Waals surface area contributed by atoms with Crippen LogP contribution in [0.3, 0.4) is 0 Å². The first kappa shape index (κ1) is 15.2. The molecule has 106 valence electrons. The topological polar surface area (TPSA) is 15.3 Å². The number of rotatable bonds is 4. The van der Waals surface area contributed by atoms with Crippen LogP contribution in [0.4, 0.5) is 11.4 Å². The Hall–Kier alpha value is -1.19. The summed E-state index contributed by atoms with van der Waals surface area (Å²) in [5.41, 5.74) is 3.37. The maximum absolute atomic E-state index is 6.11. The van der Waals surface area contributed by atoms with Crippen molar-refractivity contribution in [2.75, 3.05) is 24.3 Å². The van der Waals surface area contributed by atoms with Gasteiger partial charge in [-0.05, 0) is 36.8 Å². The molecule has 0 radical (unpaired) electrons. The van der Waals surface area contributed by atoms with E-state index in [2.05, 4.69) is 45.2 Å². The number of benzene rings is 2. The number of anilines is 2. The molecule has 0 aliphatic heterocycles. The largest absolute Gasteiger partial charge is 0.377 e. The molecule has 0 bridgehead atoms. The molecule has 2 rings (SSSR count). The molecule has 0 fully saturated rings. The van der Waals surface area contributed by atoms with Crippen LogP contribution in [0.15, 0.2) is 46.9 Å². The first-order chi connectivity index (χ1) is 9.49. The van der Waals surface area contributed by atoms with Crippen LogP contribution in [-0.2, 0) is 0 Å². The Morgan fingerprint density at radius 1 is 1.15 bits per heavy atom. The second kappa shape index (κ2) is 6.51. The van der Waals surface area contributed by atoms with Crippen molar-refractivity contribution >= 4 is 38.9 Å². The molecule has 4 heteroatoms. The third kappa shape index (κ3) is 3.47. The van der Waals surface area contributed by atoms with Crippen LogP contribution in [-0.4, -0.2) is 14.1 Å². The van der Waals surface area contributed by atoms with Crippen molar-refractivity contribution in [3.05, 3.63) is 57.5 Å². The van der Waals surface area contributed by atoms with E-state index in [0.717, 1.165) is 20.9 Å². The summed E-state index contributed by atoms with van der Waals surface area (Å²) in [7, 11) is 4.05. The molecule has 1 atom stereocenters. The van der Waals surface area contributed by atoms with Gasteiger partial charge in [0, 0.05) is 29.6 Å². The highest BCUT2D eigenvalue weighted by molar-refractivity contribution is 9.10. The molecule has 0 spiro atoms. The smallest absolute Gasteiger partial charge is 0.0598 e. The highest BCUT2D eigenvalue weighted by Gasteiger charge is 2.12. The van der Waals surface area contributed by atoms with E-state index in [1.54, 1.807) is 0 Å². The third-order valence-electron chi connectivity index (χ3n) is 3.18. The van der Waals surface area contributed by atoms with Gasteiger partial charge in [-0.1, -0.05) is 45.7 Å². The lowest BCUT2D eigenvalue weighted by molar-refractivity contribution is 0.877. The van der Waals surface area contributed by atoms with Crippen molar-refractivity contribution in [2.24, 2.45) is 0 Å². The van der Waals surface area contributed by atoms with Crippen LogP contribution >= 0.6 is 27.5 Å². The summed E-state index contributed by atoms with van der Waals surface area (Å²) >= 11 is 9.71. The highest BCUT2D eigenvalue weighted by atomic mass is 79.9. The van der Waals surface area contributed by atoms with Crippen LogP contribution in [0.5, 0.6) is 0 Å². The average Bonchev–Trinajstić information content (AvgIpc) is 2.38. The number of nitrogens with one attached hydrogen (secondary N) is 1. The average molecular weight is 354 g/mol. The summed E-state index contributed by atoms with van der Waals surface area (Å²) in [6.45, 7) is 2.14. The number of hydrogen-bond acceptors (Lipinski definition) is 2. The van der Waals surface area contributed by atoms with Gasteiger partial charge in [-0.25, -0.2) is 0 Å². The van der Waals surface area contributed by atoms with Crippen molar-refractivity contribution in [3.8, 4) is 0 Å². The maximum Gasteiger partial charge on any atom is 0.0598 e. The van der Waals surface area contributed by atoms with Crippen LogP contribution < -0.4 is 10.2 Å². The Labute approximate surface area is 133 Å². The molecule has 1 unspecified atom stereocenters. The maximum atomic E-state index is 6.11. The minimum absolute atomic E-state index is 0.183. The number of halogens is 2. The van der Waals surface area contributed by atoms with Crippen molar-refractivity contribution < 1.29 is 0 Å². The van der Waals surface area contributed by atoms with Gasteiger partial charge in [0.05, 0.1) is 11.4 Å². The molecule has 2 aromatic rings. The minimum Gasteiger partial charge on any atom is -0.377 e. The lowest BCUT2D eigenvalue weighted by Gasteiger charge is -2.23. The molecular weight excluding hydrogens is 336 g/mol. The number of hydrogen-bond donors (Lipinski definition) is 1. The van der Waals surface area contributed by atoms with Gasteiger partial charge in [0.2, 0.25) is 0 Å². The van der Waals surface area contributed by atoms with Gasteiger partial charge >= 0.3 is 0 Å². The summed E-state index contributed by atoms with van der Waals surface area (Å²) in [5.74, 6) is 0. The summed E-state index contributed by atoms with van der Waals surface area (Å²) in [4.78, 5) is 2.07. The van der Waals surface area contributed by atoms with Crippen molar-refractivity contribution in [2.45, 2.75) is 13.0 Å². The molecule has 0 aliphatic rings. The van der Waals surface area contributed by atoms with Crippen molar-refractivity contribution in [1.29, 1.82) is 0 Å². The lowest BCUT2D eigenvalue weighted by atomic mass is 10.1. The Morgan fingerprint density at radius 2 is 1.85 bits per heavy atom. The van der Waals surface area contributed by atoms with Gasteiger partial charge < -0.3 is 10.2 Å². The number of nitrogens with zero attached hydrogens (tertiary/aromatic N) is 1. The summed E-state index contributed by atoms with van der Waals surface area (Å²) < 4.78 is 1.11. The zero-order valence-electron chi connectivity index (χ0n) is 11.8. The van der Waals surface area contributed by atoms with Gasteiger partial charge in [-0.15, -0.1) is 0 Å². The first-order valence-electron chi connectivity index (χ1n) is 6.47. The first-order valence-corrected chi connectivity index (χ1v) is 7.64. The van der Waals surface area contributed by atoms with Crippen LogP contribution in [0, 0.1) is 0 Å². The Kier molecular flexibility index (Phi) is 4.95. The molecular formula is C16H18BrClN2. The van der Waals surface area contributed by atoms with E-state index in [4.69, 9.17) is 11.6 Å². The van der Waals surface area contributed by atoms with Gasteiger partial charge in [0.15, 0.2) is 0 Å². The van der Waals surface area contributed by atoms with E-state index < -0.39 is 0 Å². The van der Waals surface area contributed by atoms with Gasteiger partial charge in [0.1, 0.15) is 0 Å². The second-order valence-corrected chi connectivity index (χ2v) is 6.23. The molecule has 0 aliphatic carbocycles. The zero-order chi connectivity index (χ0) is 14.7. The Balaban J connectivity index is 2.30. The monoisotopic (exact) mass is 352 g/mol. The molecule has 1 N–H and O–H groups in total. The molecule has 20 heavy (non-hydrogen) atoms. The molecule has 0 saturated carbocycles. The van der Waals surface area contributed by atoms with E-state index in [-0.39, 0.29) is 6.04 Å².